The van der Waals surface area contributed by atoms with Crippen molar-refractivity contribution in [2.75, 3.05) is 52.6 Å². The lowest BCUT2D eigenvalue weighted by molar-refractivity contribution is -0.131. The highest BCUT2D eigenvalue weighted by Gasteiger charge is 2.20. The molecule has 0 radical (unpaired) electrons. The normalized spacial score (nSPS) is 15.3. The van der Waals surface area contributed by atoms with E-state index in [1.165, 1.54) is 6.07 Å². The van der Waals surface area contributed by atoms with Gasteiger partial charge in [-0.2, -0.15) is 0 Å². The molecule has 0 spiro atoms. The highest BCUT2D eigenvalue weighted by molar-refractivity contribution is 6.31. The number of carbonyl (C=O) groups excluding carboxylic acids is 2. The maximum Gasteiger partial charge on any atom is 0.355 e. The largest absolute Gasteiger partial charge is 0.484 e. The average Bonchev–Trinajstić information content (AvgIpc) is 2.80. The Morgan fingerprint density at radius 2 is 2.06 bits per heavy atom. The Kier molecular flexibility index (Phi) is 8.46. The van der Waals surface area contributed by atoms with E-state index in [9.17, 15) is 19.5 Å². The Balaban J connectivity index is 1.48. The Morgan fingerprint density at radius 3 is 2.78 bits per heavy atom. The number of nitrogens with zero attached hydrogens (tertiary/aromatic N) is 1. The van der Waals surface area contributed by atoms with Crippen LogP contribution in [0.2, 0.25) is 5.02 Å². The summed E-state index contributed by atoms with van der Waals surface area (Å²) in [7, 11) is 0. The minimum absolute atomic E-state index is 0.0174. The van der Waals surface area contributed by atoms with Gasteiger partial charge in [-0.15, -0.1) is 0 Å². The lowest BCUT2D eigenvalue weighted by Crippen LogP contribution is -2.51. The molecule has 0 saturated carbocycles. The topological polar surface area (TPSA) is 130 Å². The fourth-order valence-corrected chi connectivity index (χ4v) is 3.41. The fraction of sp³-hybridized carbons (Fsp3) is 0.476. The number of amides is 2. The molecule has 1 atom stereocenters. The van der Waals surface area contributed by atoms with Crippen LogP contribution in [-0.2, 0) is 14.3 Å². The number of fused-ring (bicyclic) bond motifs is 1. The second kappa shape index (κ2) is 11.3. The van der Waals surface area contributed by atoms with Gasteiger partial charge < -0.3 is 29.6 Å². The van der Waals surface area contributed by atoms with E-state index in [1.54, 1.807) is 19.1 Å². The van der Waals surface area contributed by atoms with E-state index in [0.717, 1.165) is 13.1 Å². The number of aryl methyl sites for hydroxylation is 1. The highest BCUT2D eigenvalue weighted by Crippen LogP contribution is 2.25. The molecule has 1 aliphatic heterocycles. The zero-order valence-electron chi connectivity index (χ0n) is 17.7. The molecule has 3 N–H and O–H groups in total. The first kappa shape index (κ1) is 24.0. The molecule has 2 amide bonds. The zero-order valence-corrected chi connectivity index (χ0v) is 18.4. The molecule has 2 aromatic rings. The number of hydrogen-bond acceptors (Lipinski definition) is 8. The van der Waals surface area contributed by atoms with Crippen molar-refractivity contribution in [3.8, 4) is 5.75 Å². The van der Waals surface area contributed by atoms with Crippen molar-refractivity contribution in [3.05, 3.63) is 39.2 Å². The third-order valence-corrected chi connectivity index (χ3v) is 5.54. The van der Waals surface area contributed by atoms with Crippen LogP contribution in [-0.4, -0.2) is 80.5 Å². The van der Waals surface area contributed by atoms with E-state index in [-0.39, 0.29) is 17.2 Å². The number of aliphatic hydroxyl groups excluding tert-OH is 1. The molecule has 32 heavy (non-hydrogen) atoms. The van der Waals surface area contributed by atoms with Crippen LogP contribution in [0.5, 0.6) is 5.75 Å². The molecule has 174 valence electrons. The summed E-state index contributed by atoms with van der Waals surface area (Å²) in [6.07, 6.45) is 0. The molecule has 0 aliphatic carbocycles. The van der Waals surface area contributed by atoms with Gasteiger partial charge in [0.25, 0.3) is 5.91 Å². The van der Waals surface area contributed by atoms with Gasteiger partial charge in [0.1, 0.15) is 22.4 Å². The van der Waals surface area contributed by atoms with Crippen molar-refractivity contribution in [2.24, 2.45) is 0 Å². The number of halogens is 1. The van der Waals surface area contributed by atoms with E-state index in [1.807, 2.05) is 0 Å². The number of nitrogens with one attached hydrogen (secondary N) is 2. The van der Waals surface area contributed by atoms with Gasteiger partial charge in [0, 0.05) is 37.6 Å². The lowest BCUT2D eigenvalue weighted by Gasteiger charge is -2.26. The number of hydrogen-bond donors (Lipinski definition) is 3. The first-order chi connectivity index (χ1) is 15.4. The molecule has 1 aromatic heterocycles. The standard InChI is InChI=1S/C21H26ClN3O7/c1-13-15-3-2-14(10-17(15)32-21(29)19(13)22)31-12-18(27)24-16(11-26)20(28)23-4-5-25-6-8-30-9-7-25/h2-3,10,16,26H,4-9,11-12H2,1H3,(H,23,28)(H,24,27). The van der Waals surface area contributed by atoms with Gasteiger partial charge in [0.05, 0.1) is 19.8 Å². The lowest BCUT2D eigenvalue weighted by atomic mass is 10.1. The minimum Gasteiger partial charge on any atom is -0.484 e. The predicted octanol–water partition coefficient (Wildman–Crippen LogP) is 0.0591. The average molecular weight is 468 g/mol. The molecular formula is C21H26ClN3O7. The van der Waals surface area contributed by atoms with E-state index in [4.69, 9.17) is 25.5 Å². The molecule has 0 bridgehead atoms. The smallest absolute Gasteiger partial charge is 0.355 e. The summed E-state index contributed by atoms with van der Waals surface area (Å²) >= 11 is 5.91. The third kappa shape index (κ3) is 6.19. The van der Waals surface area contributed by atoms with Gasteiger partial charge in [-0.25, -0.2) is 4.79 Å². The Labute approximate surface area is 189 Å². The summed E-state index contributed by atoms with van der Waals surface area (Å²) in [5.74, 6) is -0.761. The molecule has 1 fully saturated rings. The summed E-state index contributed by atoms with van der Waals surface area (Å²) in [5, 5.41) is 15.3. The van der Waals surface area contributed by atoms with Crippen LogP contribution in [0, 0.1) is 6.92 Å². The summed E-state index contributed by atoms with van der Waals surface area (Å²) in [4.78, 5) is 38.3. The van der Waals surface area contributed by atoms with E-state index in [0.29, 0.717) is 43.0 Å². The summed E-state index contributed by atoms with van der Waals surface area (Å²) in [6.45, 7) is 4.77. The number of aliphatic hydroxyl groups is 1. The van der Waals surface area contributed by atoms with Crippen LogP contribution >= 0.6 is 11.6 Å². The predicted molar refractivity (Wildman–Crippen MR) is 117 cm³/mol. The quantitative estimate of drug-likeness (QED) is 0.441. The van der Waals surface area contributed by atoms with Crippen molar-refractivity contribution in [2.45, 2.75) is 13.0 Å². The van der Waals surface area contributed by atoms with Crippen molar-refractivity contribution >= 4 is 34.4 Å². The molecule has 10 nitrogen and oxygen atoms in total. The van der Waals surface area contributed by atoms with Gasteiger partial charge in [-0.3, -0.25) is 14.5 Å². The maximum atomic E-state index is 12.2. The molecule has 1 unspecified atom stereocenters. The first-order valence-corrected chi connectivity index (χ1v) is 10.6. The molecule has 2 heterocycles. The fourth-order valence-electron chi connectivity index (χ4n) is 3.27. The van der Waals surface area contributed by atoms with Crippen molar-refractivity contribution in [1.82, 2.24) is 15.5 Å². The molecule has 1 saturated heterocycles. The van der Waals surface area contributed by atoms with E-state index >= 15 is 0 Å². The van der Waals surface area contributed by atoms with Crippen LogP contribution in [0.15, 0.2) is 27.4 Å². The first-order valence-electron chi connectivity index (χ1n) is 10.2. The summed E-state index contributed by atoms with van der Waals surface area (Å²) in [6, 6.07) is 3.68. The number of rotatable bonds is 9. The monoisotopic (exact) mass is 467 g/mol. The highest BCUT2D eigenvalue weighted by atomic mass is 35.5. The van der Waals surface area contributed by atoms with Crippen LogP contribution < -0.4 is 21.0 Å². The van der Waals surface area contributed by atoms with Crippen LogP contribution in [0.4, 0.5) is 0 Å². The van der Waals surface area contributed by atoms with Gasteiger partial charge in [0.15, 0.2) is 6.61 Å². The molecule has 1 aromatic carbocycles. The van der Waals surface area contributed by atoms with Crippen LogP contribution in [0.25, 0.3) is 11.0 Å². The van der Waals surface area contributed by atoms with Crippen molar-refractivity contribution < 1.29 is 28.6 Å². The van der Waals surface area contributed by atoms with Gasteiger partial charge in [-0.05, 0) is 24.6 Å². The number of ether oxygens (including phenoxy) is 2. The van der Waals surface area contributed by atoms with Crippen LogP contribution in [0.3, 0.4) is 0 Å². The molecule has 11 heteroatoms. The maximum absolute atomic E-state index is 12.2. The van der Waals surface area contributed by atoms with E-state index in [2.05, 4.69) is 15.5 Å². The third-order valence-electron chi connectivity index (χ3n) is 5.10. The molecule has 3 rings (SSSR count). The van der Waals surface area contributed by atoms with Gasteiger partial charge in [-0.1, -0.05) is 11.6 Å². The minimum atomic E-state index is -1.09. The summed E-state index contributed by atoms with van der Waals surface area (Å²) < 4.78 is 15.9. The Bertz CT molecular complexity index is 1020. The Hall–Kier alpha value is -2.66. The SMILES string of the molecule is Cc1c(Cl)c(=O)oc2cc(OCC(=O)NC(CO)C(=O)NCCN3CCOCC3)ccc12. The second-order valence-corrected chi connectivity index (χ2v) is 7.70. The molecule has 1 aliphatic rings. The van der Waals surface area contributed by atoms with E-state index < -0.39 is 30.1 Å². The van der Waals surface area contributed by atoms with Crippen LogP contribution in [0.1, 0.15) is 5.56 Å². The van der Waals surface area contributed by atoms with Crippen molar-refractivity contribution in [3.63, 3.8) is 0 Å². The zero-order chi connectivity index (χ0) is 23.1. The van der Waals surface area contributed by atoms with Gasteiger partial charge >= 0.3 is 5.63 Å². The number of carbonyl (C=O) groups is 2. The molecular weight excluding hydrogens is 442 g/mol. The van der Waals surface area contributed by atoms with Gasteiger partial charge in [0.2, 0.25) is 5.91 Å². The number of benzene rings is 1. The van der Waals surface area contributed by atoms with Crippen molar-refractivity contribution in [1.29, 1.82) is 0 Å². The number of morpholine rings is 1. The second-order valence-electron chi connectivity index (χ2n) is 7.32. The Morgan fingerprint density at radius 1 is 1.31 bits per heavy atom. The summed E-state index contributed by atoms with van der Waals surface area (Å²) in [5.41, 5.74) is 0.215.